The Morgan fingerprint density at radius 1 is 1.06 bits per heavy atom. The predicted molar refractivity (Wildman–Crippen MR) is 122 cm³/mol. The molecule has 2 fully saturated rings. The summed E-state index contributed by atoms with van der Waals surface area (Å²) in [5.41, 5.74) is 2.95. The highest BCUT2D eigenvalue weighted by molar-refractivity contribution is 5.78. The number of carbonyl (C=O) groups is 1. The third kappa shape index (κ3) is 5.85. The number of rotatable bonds is 6. The minimum absolute atomic E-state index is 0.0433. The largest absolute Gasteiger partial charge is 0.483 e. The molecule has 1 atom stereocenters. The summed E-state index contributed by atoms with van der Waals surface area (Å²) < 4.78 is 19.3. The lowest BCUT2D eigenvalue weighted by Crippen LogP contribution is -2.44. The normalized spacial score (nSPS) is 20.3. The molecule has 1 N–H and O–H groups in total. The Kier molecular flexibility index (Phi) is 7.40. The van der Waals surface area contributed by atoms with Gasteiger partial charge in [0.05, 0.1) is 6.10 Å². The van der Waals surface area contributed by atoms with Gasteiger partial charge in [0.25, 0.3) is 5.91 Å². The molecule has 0 bridgehead atoms. The van der Waals surface area contributed by atoms with Gasteiger partial charge in [-0.3, -0.25) is 9.69 Å². The SMILES string of the molecule is CN1CCN(Cc2cc(-c3ccc(F)cc3)ccc2OCC(=O)N2CCCC(O)C2)CC1. The molecule has 0 aromatic heterocycles. The first-order chi connectivity index (χ1) is 15.5. The van der Waals surface area contributed by atoms with E-state index in [0.717, 1.165) is 62.3 Å². The lowest BCUT2D eigenvalue weighted by molar-refractivity contribution is -0.136. The lowest BCUT2D eigenvalue weighted by Gasteiger charge is -2.33. The fourth-order valence-electron chi connectivity index (χ4n) is 4.32. The lowest BCUT2D eigenvalue weighted by atomic mass is 10.0. The smallest absolute Gasteiger partial charge is 0.260 e. The van der Waals surface area contributed by atoms with Gasteiger partial charge in [-0.15, -0.1) is 0 Å². The van der Waals surface area contributed by atoms with Crippen molar-refractivity contribution in [3.63, 3.8) is 0 Å². The molecule has 0 spiro atoms. The van der Waals surface area contributed by atoms with Gasteiger partial charge in [0.1, 0.15) is 11.6 Å². The zero-order chi connectivity index (χ0) is 22.5. The molecule has 0 aliphatic carbocycles. The van der Waals surface area contributed by atoms with Gasteiger partial charge in [-0.05, 0) is 55.3 Å². The number of benzene rings is 2. The van der Waals surface area contributed by atoms with Crippen LogP contribution in [-0.2, 0) is 11.3 Å². The Hall–Kier alpha value is -2.48. The summed E-state index contributed by atoms with van der Waals surface area (Å²) in [6, 6.07) is 12.4. The van der Waals surface area contributed by atoms with E-state index in [2.05, 4.69) is 22.9 Å². The molecule has 32 heavy (non-hydrogen) atoms. The van der Waals surface area contributed by atoms with Crippen LogP contribution in [-0.4, -0.2) is 84.7 Å². The van der Waals surface area contributed by atoms with Gasteiger partial charge in [-0.1, -0.05) is 18.2 Å². The van der Waals surface area contributed by atoms with E-state index >= 15 is 0 Å². The number of hydrogen-bond donors (Lipinski definition) is 1. The fraction of sp³-hybridized carbons (Fsp3) is 0.480. The monoisotopic (exact) mass is 441 g/mol. The number of likely N-dealkylation sites (tertiary alicyclic amines) is 1. The molecule has 1 unspecified atom stereocenters. The maximum Gasteiger partial charge on any atom is 0.260 e. The van der Waals surface area contributed by atoms with Crippen molar-refractivity contribution in [2.45, 2.75) is 25.5 Å². The summed E-state index contributed by atoms with van der Waals surface area (Å²) in [7, 11) is 2.13. The van der Waals surface area contributed by atoms with Gasteiger partial charge < -0.3 is 19.6 Å². The van der Waals surface area contributed by atoms with Crippen LogP contribution in [0, 0.1) is 5.82 Å². The minimum Gasteiger partial charge on any atom is -0.483 e. The first-order valence-corrected chi connectivity index (χ1v) is 11.4. The highest BCUT2D eigenvalue weighted by atomic mass is 19.1. The number of likely N-dealkylation sites (N-methyl/N-ethyl adjacent to an activating group) is 1. The maximum absolute atomic E-state index is 13.4. The van der Waals surface area contributed by atoms with E-state index in [4.69, 9.17) is 4.74 Å². The molecule has 2 saturated heterocycles. The first-order valence-electron chi connectivity index (χ1n) is 11.4. The molecular weight excluding hydrogens is 409 g/mol. The van der Waals surface area contributed by atoms with Crippen molar-refractivity contribution in [2.24, 2.45) is 0 Å². The number of halogens is 1. The number of aliphatic hydroxyl groups excluding tert-OH is 1. The molecule has 0 radical (unpaired) electrons. The van der Waals surface area contributed by atoms with Crippen molar-refractivity contribution in [2.75, 3.05) is 52.9 Å². The van der Waals surface area contributed by atoms with E-state index in [-0.39, 0.29) is 18.3 Å². The summed E-state index contributed by atoms with van der Waals surface area (Å²) in [5.74, 6) is 0.338. The van der Waals surface area contributed by atoms with Crippen LogP contribution in [0.25, 0.3) is 11.1 Å². The Morgan fingerprint density at radius 3 is 2.50 bits per heavy atom. The molecule has 0 saturated carbocycles. The Balaban J connectivity index is 1.50. The first kappa shape index (κ1) is 22.7. The number of carbonyl (C=O) groups excluding carboxylic acids is 1. The summed E-state index contributed by atoms with van der Waals surface area (Å²) in [4.78, 5) is 19.0. The summed E-state index contributed by atoms with van der Waals surface area (Å²) in [6.45, 7) is 5.71. The summed E-state index contributed by atoms with van der Waals surface area (Å²) in [5, 5.41) is 9.85. The third-order valence-electron chi connectivity index (χ3n) is 6.33. The van der Waals surface area contributed by atoms with Gasteiger partial charge in [0.2, 0.25) is 0 Å². The predicted octanol–water partition coefficient (Wildman–Crippen LogP) is 2.60. The number of nitrogens with zero attached hydrogens (tertiary/aromatic N) is 3. The van der Waals surface area contributed by atoms with Crippen molar-refractivity contribution in [1.82, 2.24) is 14.7 Å². The molecule has 2 aliphatic heterocycles. The molecule has 2 aromatic rings. The van der Waals surface area contributed by atoms with Gasteiger partial charge in [-0.25, -0.2) is 4.39 Å². The van der Waals surface area contributed by atoms with Crippen LogP contribution >= 0.6 is 0 Å². The molecule has 6 nitrogen and oxygen atoms in total. The average molecular weight is 442 g/mol. The van der Waals surface area contributed by atoms with E-state index in [9.17, 15) is 14.3 Å². The van der Waals surface area contributed by atoms with Crippen LogP contribution in [0.3, 0.4) is 0 Å². The van der Waals surface area contributed by atoms with Crippen LogP contribution in [0.2, 0.25) is 0 Å². The second-order valence-corrected chi connectivity index (χ2v) is 8.83. The fourth-order valence-corrected chi connectivity index (χ4v) is 4.32. The Morgan fingerprint density at radius 2 is 1.78 bits per heavy atom. The second-order valence-electron chi connectivity index (χ2n) is 8.83. The summed E-state index contributed by atoms with van der Waals surface area (Å²) in [6.07, 6.45) is 1.11. The third-order valence-corrected chi connectivity index (χ3v) is 6.33. The standard InChI is InChI=1S/C25H32FN3O3/c1-27-11-13-28(14-12-27)16-21-15-20(19-4-7-22(26)8-5-19)6-9-24(21)32-18-25(31)29-10-2-3-23(30)17-29/h4-9,15,23,30H,2-3,10-14,16-18H2,1H3. The minimum atomic E-state index is -0.449. The number of piperidine rings is 1. The van der Waals surface area contributed by atoms with Gasteiger partial charge in [0, 0.05) is 51.4 Å². The zero-order valence-electron chi connectivity index (χ0n) is 18.7. The summed E-state index contributed by atoms with van der Waals surface area (Å²) >= 11 is 0. The maximum atomic E-state index is 13.4. The van der Waals surface area contributed by atoms with Crippen LogP contribution in [0.15, 0.2) is 42.5 Å². The molecule has 1 amide bonds. The Labute approximate surface area is 189 Å². The highest BCUT2D eigenvalue weighted by Crippen LogP contribution is 2.28. The van der Waals surface area contributed by atoms with E-state index in [1.54, 1.807) is 17.0 Å². The molecule has 2 aliphatic rings. The van der Waals surface area contributed by atoms with Crippen LogP contribution in [0.1, 0.15) is 18.4 Å². The number of aliphatic hydroxyl groups is 1. The molecule has 2 aromatic carbocycles. The Bertz CT molecular complexity index is 913. The van der Waals surface area contributed by atoms with Gasteiger partial charge in [0.15, 0.2) is 6.61 Å². The van der Waals surface area contributed by atoms with E-state index < -0.39 is 6.10 Å². The quantitative estimate of drug-likeness (QED) is 0.747. The topological polar surface area (TPSA) is 56.2 Å². The van der Waals surface area contributed by atoms with Crippen molar-refractivity contribution >= 4 is 5.91 Å². The van der Waals surface area contributed by atoms with Crippen molar-refractivity contribution < 1.29 is 19.0 Å². The van der Waals surface area contributed by atoms with Crippen molar-refractivity contribution in [3.05, 3.63) is 53.8 Å². The van der Waals surface area contributed by atoms with Crippen LogP contribution < -0.4 is 4.74 Å². The molecule has 2 heterocycles. The second kappa shape index (κ2) is 10.4. The number of ether oxygens (including phenoxy) is 1. The molecular formula is C25H32FN3O3. The highest BCUT2D eigenvalue weighted by Gasteiger charge is 2.23. The van der Waals surface area contributed by atoms with E-state index in [1.807, 2.05) is 12.1 Å². The number of β-amino-alcohol motifs (C(OH)–C–C–N with tert-alkyl or cyclic N) is 1. The average Bonchev–Trinajstić information content (AvgIpc) is 2.80. The number of hydrogen-bond acceptors (Lipinski definition) is 5. The number of amides is 1. The van der Waals surface area contributed by atoms with Crippen LogP contribution in [0.4, 0.5) is 4.39 Å². The van der Waals surface area contributed by atoms with Crippen molar-refractivity contribution in [3.8, 4) is 16.9 Å². The van der Waals surface area contributed by atoms with Gasteiger partial charge >= 0.3 is 0 Å². The van der Waals surface area contributed by atoms with E-state index in [0.29, 0.717) is 18.8 Å². The molecule has 4 rings (SSSR count). The number of piperazine rings is 1. The molecule has 172 valence electrons. The zero-order valence-corrected chi connectivity index (χ0v) is 18.7. The van der Waals surface area contributed by atoms with E-state index in [1.165, 1.54) is 12.1 Å². The van der Waals surface area contributed by atoms with Crippen LogP contribution in [0.5, 0.6) is 5.75 Å². The van der Waals surface area contributed by atoms with Crippen molar-refractivity contribution in [1.29, 1.82) is 0 Å². The van der Waals surface area contributed by atoms with Gasteiger partial charge in [-0.2, -0.15) is 0 Å². The molecule has 7 heteroatoms.